The Bertz CT molecular complexity index is 1320. The number of fused-ring (bicyclic) bond motifs is 2. The van der Waals surface area contributed by atoms with Gasteiger partial charge < -0.3 is 9.67 Å². The van der Waals surface area contributed by atoms with E-state index in [2.05, 4.69) is 24.3 Å². The van der Waals surface area contributed by atoms with E-state index in [1.54, 1.807) is 12.1 Å². The van der Waals surface area contributed by atoms with Gasteiger partial charge in [0.2, 0.25) is 0 Å². The molecule has 4 aromatic rings. The summed E-state index contributed by atoms with van der Waals surface area (Å²) in [4.78, 5) is 16.2. The molecule has 1 N–H and O–H groups in total. The molecule has 33 heavy (non-hydrogen) atoms. The quantitative estimate of drug-likeness (QED) is 0.363. The van der Waals surface area contributed by atoms with Gasteiger partial charge in [-0.2, -0.15) is 0 Å². The molecule has 5 rings (SSSR count). The van der Waals surface area contributed by atoms with Crippen molar-refractivity contribution in [2.24, 2.45) is 5.92 Å². The summed E-state index contributed by atoms with van der Waals surface area (Å²) in [6.45, 7) is 1.88. The summed E-state index contributed by atoms with van der Waals surface area (Å²) >= 11 is 0. The molecule has 1 aliphatic rings. The van der Waals surface area contributed by atoms with Crippen LogP contribution in [-0.4, -0.2) is 20.6 Å². The van der Waals surface area contributed by atoms with Gasteiger partial charge in [-0.15, -0.1) is 0 Å². The first-order valence-electron chi connectivity index (χ1n) is 11.8. The van der Waals surface area contributed by atoms with Gasteiger partial charge in [-0.3, -0.25) is 9.78 Å². The van der Waals surface area contributed by atoms with Gasteiger partial charge in [0.1, 0.15) is 12.4 Å². The predicted octanol–water partition coefficient (Wildman–Crippen LogP) is 6.63. The largest absolute Gasteiger partial charge is 0.480 e. The number of halogens is 1. The SMILES string of the molecule is Cc1c(C2CCC(CCc3ccc4ccccc4n3)CC2)c2cc(F)ccc2n1CC(=O)O. The van der Waals surface area contributed by atoms with E-state index in [-0.39, 0.29) is 12.4 Å². The Morgan fingerprint density at radius 1 is 1.09 bits per heavy atom. The molecule has 0 amide bonds. The third-order valence-electron chi connectivity index (χ3n) is 7.35. The second kappa shape index (κ2) is 8.97. The van der Waals surface area contributed by atoms with Gasteiger partial charge in [0.05, 0.1) is 5.52 Å². The number of hydrogen-bond acceptors (Lipinski definition) is 2. The molecule has 5 heteroatoms. The Kier molecular flexibility index (Phi) is 5.88. The van der Waals surface area contributed by atoms with Crippen molar-refractivity contribution in [2.75, 3.05) is 0 Å². The number of rotatable bonds is 6. The van der Waals surface area contributed by atoms with Gasteiger partial charge in [-0.1, -0.05) is 24.3 Å². The van der Waals surface area contributed by atoms with Gasteiger partial charge in [0.25, 0.3) is 0 Å². The number of aromatic nitrogens is 2. The number of pyridine rings is 1. The first-order chi connectivity index (χ1) is 16.0. The molecule has 0 spiro atoms. The number of para-hydroxylation sites is 1. The van der Waals surface area contributed by atoms with E-state index in [0.717, 1.165) is 71.9 Å². The number of carboxylic acids is 1. The predicted molar refractivity (Wildman–Crippen MR) is 129 cm³/mol. The van der Waals surface area contributed by atoms with Crippen LogP contribution in [0.4, 0.5) is 4.39 Å². The third-order valence-corrected chi connectivity index (χ3v) is 7.35. The minimum Gasteiger partial charge on any atom is -0.480 e. The lowest BCUT2D eigenvalue weighted by atomic mass is 9.76. The van der Waals surface area contributed by atoms with E-state index in [0.29, 0.717) is 11.8 Å². The van der Waals surface area contributed by atoms with E-state index in [9.17, 15) is 14.3 Å². The third kappa shape index (κ3) is 4.37. The van der Waals surface area contributed by atoms with Crippen LogP contribution in [0.3, 0.4) is 0 Å². The highest BCUT2D eigenvalue weighted by atomic mass is 19.1. The molecule has 1 fully saturated rings. The van der Waals surface area contributed by atoms with E-state index in [1.165, 1.54) is 11.5 Å². The molecule has 0 unspecified atom stereocenters. The Labute approximate surface area is 193 Å². The summed E-state index contributed by atoms with van der Waals surface area (Å²) in [5.41, 5.74) is 5.12. The molecular weight excluding hydrogens is 415 g/mol. The summed E-state index contributed by atoms with van der Waals surface area (Å²) in [5.74, 6) is -0.136. The normalized spacial score (nSPS) is 18.7. The zero-order chi connectivity index (χ0) is 22.9. The molecule has 0 atom stereocenters. The minimum absolute atomic E-state index is 0.0952. The Morgan fingerprint density at radius 2 is 1.88 bits per heavy atom. The average molecular weight is 445 g/mol. The molecule has 2 aromatic carbocycles. The average Bonchev–Trinajstić information content (AvgIpc) is 3.08. The number of carboxylic acid groups (broad SMARTS) is 1. The van der Waals surface area contributed by atoms with Crippen LogP contribution in [-0.2, 0) is 17.8 Å². The summed E-state index contributed by atoms with van der Waals surface area (Å²) in [6, 6.07) is 17.2. The molecule has 0 bridgehead atoms. The van der Waals surface area contributed by atoms with Crippen LogP contribution >= 0.6 is 0 Å². The summed E-state index contributed by atoms with van der Waals surface area (Å²) in [5, 5.41) is 11.4. The van der Waals surface area contributed by atoms with Crippen molar-refractivity contribution in [1.29, 1.82) is 0 Å². The van der Waals surface area contributed by atoms with Gasteiger partial charge in [-0.25, -0.2) is 4.39 Å². The van der Waals surface area contributed by atoms with E-state index in [4.69, 9.17) is 4.98 Å². The maximum Gasteiger partial charge on any atom is 0.323 e. The van der Waals surface area contributed by atoms with Crippen LogP contribution in [0.15, 0.2) is 54.6 Å². The van der Waals surface area contributed by atoms with Gasteiger partial charge >= 0.3 is 5.97 Å². The fourth-order valence-electron chi connectivity index (χ4n) is 5.67. The number of nitrogens with zero attached hydrogens (tertiary/aromatic N) is 2. The molecule has 0 radical (unpaired) electrons. The van der Waals surface area contributed by atoms with Crippen LogP contribution in [0.25, 0.3) is 21.8 Å². The molecule has 0 saturated heterocycles. The lowest BCUT2D eigenvalue weighted by molar-refractivity contribution is -0.137. The van der Waals surface area contributed by atoms with Crippen LogP contribution in [0.5, 0.6) is 0 Å². The number of hydrogen-bond donors (Lipinski definition) is 1. The Morgan fingerprint density at radius 3 is 2.67 bits per heavy atom. The van der Waals surface area contributed by atoms with Crippen molar-refractivity contribution >= 4 is 27.8 Å². The monoisotopic (exact) mass is 444 g/mol. The first-order valence-corrected chi connectivity index (χ1v) is 11.8. The van der Waals surface area contributed by atoms with Crippen molar-refractivity contribution < 1.29 is 14.3 Å². The number of aliphatic carboxylic acids is 1. The zero-order valence-corrected chi connectivity index (χ0v) is 18.9. The van der Waals surface area contributed by atoms with Crippen LogP contribution in [0.1, 0.15) is 55.0 Å². The van der Waals surface area contributed by atoms with E-state index >= 15 is 0 Å². The van der Waals surface area contributed by atoms with Crippen molar-refractivity contribution in [3.05, 3.63) is 77.4 Å². The van der Waals surface area contributed by atoms with E-state index in [1.807, 2.05) is 23.6 Å². The Hall–Kier alpha value is -3.21. The molecule has 2 heterocycles. The lowest BCUT2D eigenvalue weighted by Crippen LogP contribution is -2.15. The molecule has 0 aliphatic heterocycles. The van der Waals surface area contributed by atoms with Crippen molar-refractivity contribution in [2.45, 2.75) is 57.9 Å². The molecule has 1 aliphatic carbocycles. The summed E-state index contributed by atoms with van der Waals surface area (Å²) in [7, 11) is 0. The summed E-state index contributed by atoms with van der Waals surface area (Å²) in [6.07, 6.45) is 6.50. The van der Waals surface area contributed by atoms with Gasteiger partial charge in [-0.05, 0) is 93.2 Å². The second-order valence-electron chi connectivity index (χ2n) is 9.39. The highest BCUT2D eigenvalue weighted by molar-refractivity contribution is 5.87. The first kappa shape index (κ1) is 21.6. The van der Waals surface area contributed by atoms with Gasteiger partial charge in [0.15, 0.2) is 0 Å². The highest BCUT2D eigenvalue weighted by Crippen LogP contribution is 2.42. The molecule has 1 saturated carbocycles. The minimum atomic E-state index is -0.878. The maximum atomic E-state index is 14.1. The van der Waals surface area contributed by atoms with Crippen molar-refractivity contribution in [3.63, 3.8) is 0 Å². The molecule has 2 aromatic heterocycles. The second-order valence-corrected chi connectivity index (χ2v) is 9.39. The van der Waals surface area contributed by atoms with Gasteiger partial charge in [0, 0.05) is 27.7 Å². The van der Waals surface area contributed by atoms with Crippen molar-refractivity contribution in [1.82, 2.24) is 9.55 Å². The molecule has 4 nitrogen and oxygen atoms in total. The van der Waals surface area contributed by atoms with Crippen molar-refractivity contribution in [3.8, 4) is 0 Å². The lowest BCUT2D eigenvalue weighted by Gasteiger charge is -2.29. The standard InChI is InChI=1S/C28H29FN2O2/c1-18-28(24-16-22(29)12-15-26(24)31(18)17-27(32)33)21-9-6-19(7-10-21)8-13-23-14-11-20-4-2-3-5-25(20)30-23/h2-5,11-12,14-16,19,21H,6-10,13,17H2,1H3,(H,32,33). The number of carbonyl (C=O) groups is 1. The zero-order valence-electron chi connectivity index (χ0n) is 18.9. The fourth-order valence-corrected chi connectivity index (χ4v) is 5.67. The summed E-state index contributed by atoms with van der Waals surface area (Å²) < 4.78 is 15.9. The Balaban J connectivity index is 1.29. The molecule has 170 valence electrons. The molecular formula is C28H29FN2O2. The number of aryl methyl sites for hydroxylation is 1. The van der Waals surface area contributed by atoms with Crippen LogP contribution in [0, 0.1) is 18.7 Å². The topological polar surface area (TPSA) is 55.1 Å². The highest BCUT2D eigenvalue weighted by Gasteiger charge is 2.27. The van der Waals surface area contributed by atoms with Crippen LogP contribution < -0.4 is 0 Å². The number of benzene rings is 2. The van der Waals surface area contributed by atoms with Crippen LogP contribution in [0.2, 0.25) is 0 Å². The smallest absolute Gasteiger partial charge is 0.323 e. The fraction of sp³-hybridized carbons (Fsp3) is 0.357. The maximum absolute atomic E-state index is 14.1. The van der Waals surface area contributed by atoms with E-state index < -0.39 is 5.97 Å².